The first kappa shape index (κ1) is 15.5. The second-order valence-corrected chi connectivity index (χ2v) is 5.93. The lowest BCUT2D eigenvalue weighted by Gasteiger charge is -2.20. The Bertz CT molecular complexity index is 682. The number of nitrogens with zero attached hydrogens (tertiary/aromatic N) is 4. The highest BCUT2D eigenvalue weighted by Crippen LogP contribution is 2.26. The maximum atomic E-state index is 12.5. The zero-order valence-corrected chi connectivity index (χ0v) is 13.6. The summed E-state index contributed by atoms with van der Waals surface area (Å²) in [5.74, 6) is 0.602. The number of hydrogen-bond donors (Lipinski definition) is 1. The van der Waals surface area contributed by atoms with Gasteiger partial charge >= 0.3 is 0 Å². The summed E-state index contributed by atoms with van der Waals surface area (Å²) in [6.45, 7) is 1.70. The van der Waals surface area contributed by atoms with Crippen LogP contribution in [0.5, 0.6) is 5.88 Å². The number of methoxy groups -OCH3 is 1. The highest BCUT2D eigenvalue weighted by Gasteiger charge is 2.34. The zero-order valence-electron chi connectivity index (χ0n) is 13.6. The van der Waals surface area contributed by atoms with E-state index in [-0.39, 0.29) is 17.9 Å². The van der Waals surface area contributed by atoms with Crippen molar-refractivity contribution in [3.8, 4) is 5.88 Å². The van der Waals surface area contributed by atoms with Crippen LogP contribution in [0, 0.1) is 0 Å². The monoisotopic (exact) mass is 315 g/mol. The number of likely N-dealkylation sites (N-methyl/N-ethyl adjacent to an activating group) is 1. The van der Waals surface area contributed by atoms with Gasteiger partial charge in [-0.2, -0.15) is 0 Å². The molecule has 122 valence electrons. The second-order valence-electron chi connectivity index (χ2n) is 5.93. The van der Waals surface area contributed by atoms with Crippen molar-refractivity contribution in [3.05, 3.63) is 42.1 Å². The van der Waals surface area contributed by atoms with Crippen molar-refractivity contribution in [1.82, 2.24) is 24.8 Å². The number of nitrogens with one attached hydrogen (secondary N) is 1. The average molecular weight is 315 g/mol. The molecule has 23 heavy (non-hydrogen) atoms. The van der Waals surface area contributed by atoms with Crippen molar-refractivity contribution in [2.24, 2.45) is 7.05 Å². The van der Waals surface area contributed by atoms with Crippen LogP contribution in [0.25, 0.3) is 0 Å². The Hall–Kier alpha value is -2.41. The molecule has 0 bridgehead atoms. The number of imidazole rings is 1. The minimum Gasteiger partial charge on any atom is -0.481 e. The Balaban J connectivity index is 1.74. The Labute approximate surface area is 135 Å². The molecule has 2 aromatic rings. The van der Waals surface area contributed by atoms with E-state index in [1.54, 1.807) is 25.6 Å². The fourth-order valence-corrected chi connectivity index (χ4v) is 3.06. The van der Waals surface area contributed by atoms with Gasteiger partial charge in [0.2, 0.25) is 5.88 Å². The molecule has 0 aliphatic carbocycles. The van der Waals surface area contributed by atoms with Gasteiger partial charge in [0.15, 0.2) is 0 Å². The lowest BCUT2D eigenvalue weighted by molar-refractivity contribution is 0.0935. The number of pyridine rings is 1. The SMILES string of the molecule is COc1ccc(C(=O)N[C@@H]2CN(C)C[C@H]2c2cncn2C)cn1. The number of amides is 1. The third-order valence-electron chi connectivity index (χ3n) is 4.26. The smallest absolute Gasteiger partial charge is 0.253 e. The lowest BCUT2D eigenvalue weighted by Crippen LogP contribution is -2.40. The first-order chi connectivity index (χ1) is 11.1. The van der Waals surface area contributed by atoms with Gasteiger partial charge in [-0.15, -0.1) is 0 Å². The molecule has 1 saturated heterocycles. The van der Waals surface area contributed by atoms with E-state index in [1.165, 1.54) is 6.20 Å². The van der Waals surface area contributed by atoms with Crippen LogP contribution in [-0.2, 0) is 7.05 Å². The van der Waals surface area contributed by atoms with Gasteiger partial charge in [0.25, 0.3) is 5.91 Å². The van der Waals surface area contributed by atoms with E-state index in [0.29, 0.717) is 11.4 Å². The van der Waals surface area contributed by atoms with Crippen molar-refractivity contribution in [3.63, 3.8) is 0 Å². The van der Waals surface area contributed by atoms with E-state index < -0.39 is 0 Å². The fourth-order valence-electron chi connectivity index (χ4n) is 3.06. The number of hydrogen-bond acceptors (Lipinski definition) is 5. The summed E-state index contributed by atoms with van der Waals surface area (Å²) < 4.78 is 7.03. The van der Waals surface area contributed by atoms with Gasteiger partial charge in [-0.1, -0.05) is 0 Å². The normalized spacial score (nSPS) is 21.3. The van der Waals surface area contributed by atoms with E-state index in [4.69, 9.17) is 4.74 Å². The van der Waals surface area contributed by atoms with Crippen LogP contribution in [0.1, 0.15) is 22.0 Å². The van der Waals surface area contributed by atoms with Crippen molar-refractivity contribution in [2.45, 2.75) is 12.0 Å². The van der Waals surface area contributed by atoms with Crippen LogP contribution in [0.3, 0.4) is 0 Å². The first-order valence-corrected chi connectivity index (χ1v) is 7.54. The largest absolute Gasteiger partial charge is 0.481 e. The van der Waals surface area contributed by atoms with Crippen LogP contribution in [0.2, 0.25) is 0 Å². The number of aryl methyl sites for hydroxylation is 1. The summed E-state index contributed by atoms with van der Waals surface area (Å²) in [5, 5.41) is 3.13. The molecule has 2 aromatic heterocycles. The number of likely N-dealkylation sites (tertiary alicyclic amines) is 1. The van der Waals surface area contributed by atoms with Crippen LogP contribution in [0.15, 0.2) is 30.9 Å². The number of carbonyl (C=O) groups excluding carboxylic acids is 1. The molecule has 0 aromatic carbocycles. The zero-order chi connectivity index (χ0) is 16.4. The number of aromatic nitrogens is 3. The third-order valence-corrected chi connectivity index (χ3v) is 4.26. The maximum absolute atomic E-state index is 12.5. The molecule has 7 heteroatoms. The van der Waals surface area contributed by atoms with Gasteiger partial charge < -0.3 is 19.5 Å². The van der Waals surface area contributed by atoms with Gasteiger partial charge in [-0.3, -0.25) is 4.79 Å². The van der Waals surface area contributed by atoms with E-state index in [9.17, 15) is 4.79 Å². The van der Waals surface area contributed by atoms with Gasteiger partial charge in [0, 0.05) is 50.2 Å². The molecule has 0 spiro atoms. The fraction of sp³-hybridized carbons (Fsp3) is 0.438. The average Bonchev–Trinajstić information content (AvgIpc) is 3.12. The van der Waals surface area contributed by atoms with Gasteiger partial charge in [-0.25, -0.2) is 9.97 Å². The van der Waals surface area contributed by atoms with Crippen molar-refractivity contribution < 1.29 is 9.53 Å². The van der Waals surface area contributed by atoms with Crippen LogP contribution in [0.4, 0.5) is 0 Å². The summed E-state index contributed by atoms with van der Waals surface area (Å²) in [5.41, 5.74) is 1.66. The maximum Gasteiger partial charge on any atom is 0.253 e. The molecule has 7 nitrogen and oxygen atoms in total. The molecule has 0 saturated carbocycles. The summed E-state index contributed by atoms with van der Waals surface area (Å²) in [7, 11) is 5.59. The van der Waals surface area contributed by atoms with Gasteiger partial charge in [0.05, 0.1) is 25.0 Å². The molecule has 3 heterocycles. The molecular weight excluding hydrogens is 294 g/mol. The molecule has 1 N–H and O–H groups in total. The molecule has 2 atom stereocenters. The van der Waals surface area contributed by atoms with E-state index in [1.807, 2.05) is 17.8 Å². The van der Waals surface area contributed by atoms with Crippen molar-refractivity contribution >= 4 is 5.91 Å². The molecule has 1 amide bonds. The quantitative estimate of drug-likeness (QED) is 0.897. The minimum absolute atomic E-state index is 0.0463. The van der Waals surface area contributed by atoms with Crippen LogP contribution < -0.4 is 10.1 Å². The second kappa shape index (κ2) is 6.37. The third kappa shape index (κ3) is 3.19. The number of ether oxygens (including phenoxy) is 1. The number of rotatable bonds is 4. The summed E-state index contributed by atoms with van der Waals surface area (Å²) in [6, 6.07) is 3.46. The van der Waals surface area contributed by atoms with Crippen LogP contribution >= 0.6 is 0 Å². The van der Waals surface area contributed by atoms with E-state index in [2.05, 4.69) is 27.2 Å². The van der Waals surface area contributed by atoms with Crippen LogP contribution in [-0.4, -0.2) is 58.6 Å². The van der Waals surface area contributed by atoms with Gasteiger partial charge in [0.1, 0.15) is 0 Å². The topological polar surface area (TPSA) is 72.3 Å². The Morgan fingerprint density at radius 2 is 2.13 bits per heavy atom. The summed E-state index contributed by atoms with van der Waals surface area (Å²) in [6.07, 6.45) is 5.20. The lowest BCUT2D eigenvalue weighted by atomic mass is 10.00. The molecule has 1 fully saturated rings. The predicted molar refractivity (Wildman–Crippen MR) is 85.5 cm³/mol. The van der Waals surface area contributed by atoms with Crippen molar-refractivity contribution in [2.75, 3.05) is 27.2 Å². The summed E-state index contributed by atoms with van der Waals surface area (Å²) >= 11 is 0. The molecule has 0 radical (unpaired) electrons. The van der Waals surface area contributed by atoms with E-state index in [0.717, 1.165) is 18.8 Å². The standard InChI is InChI=1S/C16H21N5O2/c1-20-8-12(14-7-17-10-21(14)2)13(9-20)19-16(22)11-4-5-15(23-3)18-6-11/h4-7,10,12-13H,8-9H2,1-3H3,(H,19,22)/t12-,13-/m1/s1. The highest BCUT2D eigenvalue weighted by atomic mass is 16.5. The Morgan fingerprint density at radius 1 is 1.30 bits per heavy atom. The predicted octanol–water partition coefficient (Wildman–Crippen LogP) is 0.651. The summed E-state index contributed by atoms with van der Waals surface area (Å²) in [4.78, 5) is 23.0. The van der Waals surface area contributed by atoms with E-state index >= 15 is 0 Å². The Kier molecular flexibility index (Phi) is 4.29. The molecule has 1 aliphatic heterocycles. The molecule has 3 rings (SSSR count). The Morgan fingerprint density at radius 3 is 2.74 bits per heavy atom. The highest BCUT2D eigenvalue weighted by molar-refractivity contribution is 5.94. The molecular formula is C16H21N5O2. The molecule has 1 aliphatic rings. The number of carbonyl (C=O) groups is 1. The minimum atomic E-state index is -0.118. The van der Waals surface area contributed by atoms with Crippen molar-refractivity contribution in [1.29, 1.82) is 0 Å². The molecule has 0 unspecified atom stereocenters. The first-order valence-electron chi connectivity index (χ1n) is 7.54. The van der Waals surface area contributed by atoms with Gasteiger partial charge in [-0.05, 0) is 13.1 Å².